The Hall–Kier alpha value is -1.61. The molecule has 0 aromatic heterocycles. The Bertz CT molecular complexity index is 446. The zero-order valence-electron chi connectivity index (χ0n) is 13.6. The molecule has 2 N–H and O–H groups in total. The maximum absolute atomic E-state index is 12.0. The predicted molar refractivity (Wildman–Crippen MR) is 80.3 cm³/mol. The van der Waals surface area contributed by atoms with Crippen molar-refractivity contribution < 1.29 is 9.59 Å². The number of nitriles is 1. The van der Waals surface area contributed by atoms with Gasteiger partial charge in [-0.05, 0) is 53.5 Å². The van der Waals surface area contributed by atoms with E-state index < -0.39 is 5.54 Å². The monoisotopic (exact) mass is 294 g/mol. The smallest absolute Gasteiger partial charge is 0.235 e. The standard InChI is InChI=1S/C15H26N4O2/c1-14(2,3)17-12(20)8-19(5)9-13(21)18-15(4,10-16)11-6-7-11/h11H,6-9H2,1-5H3,(H,17,20)(H,18,21)/t15-/m0/s1. The van der Waals surface area contributed by atoms with Gasteiger partial charge in [0.15, 0.2) is 0 Å². The lowest BCUT2D eigenvalue weighted by Crippen LogP contribution is -2.51. The quantitative estimate of drug-likeness (QED) is 0.753. The molecule has 2 amide bonds. The van der Waals surface area contributed by atoms with Crippen LogP contribution in [0.5, 0.6) is 0 Å². The van der Waals surface area contributed by atoms with E-state index in [0.29, 0.717) is 0 Å². The van der Waals surface area contributed by atoms with Gasteiger partial charge in [0.1, 0.15) is 5.54 Å². The van der Waals surface area contributed by atoms with Crippen molar-refractivity contribution in [2.24, 2.45) is 5.92 Å². The Balaban J connectivity index is 2.40. The minimum atomic E-state index is -0.786. The lowest BCUT2D eigenvalue weighted by atomic mass is 9.98. The topological polar surface area (TPSA) is 85.2 Å². The molecular weight excluding hydrogens is 268 g/mol. The van der Waals surface area contributed by atoms with Gasteiger partial charge in [0.05, 0.1) is 19.2 Å². The van der Waals surface area contributed by atoms with Crippen LogP contribution in [0.15, 0.2) is 0 Å². The van der Waals surface area contributed by atoms with Gasteiger partial charge < -0.3 is 10.6 Å². The molecule has 1 fully saturated rings. The van der Waals surface area contributed by atoms with Crippen molar-refractivity contribution in [3.05, 3.63) is 0 Å². The van der Waals surface area contributed by atoms with Gasteiger partial charge in [0.25, 0.3) is 0 Å². The molecule has 1 saturated carbocycles. The average molecular weight is 294 g/mol. The summed E-state index contributed by atoms with van der Waals surface area (Å²) in [6, 6.07) is 2.19. The van der Waals surface area contributed by atoms with E-state index in [9.17, 15) is 14.9 Å². The highest BCUT2D eigenvalue weighted by Crippen LogP contribution is 2.39. The van der Waals surface area contributed by atoms with E-state index in [1.165, 1.54) is 0 Å². The van der Waals surface area contributed by atoms with E-state index in [-0.39, 0.29) is 36.4 Å². The molecule has 1 rings (SSSR count). The fourth-order valence-electron chi connectivity index (χ4n) is 2.22. The molecule has 0 saturated heterocycles. The summed E-state index contributed by atoms with van der Waals surface area (Å²) < 4.78 is 0. The van der Waals surface area contributed by atoms with Crippen LogP contribution in [0.1, 0.15) is 40.5 Å². The zero-order chi connectivity index (χ0) is 16.3. The van der Waals surface area contributed by atoms with Gasteiger partial charge in [0, 0.05) is 5.54 Å². The molecular formula is C15H26N4O2. The Morgan fingerprint density at radius 3 is 2.00 bits per heavy atom. The highest BCUT2D eigenvalue weighted by atomic mass is 16.2. The second-order valence-corrected chi connectivity index (χ2v) is 7.11. The van der Waals surface area contributed by atoms with Gasteiger partial charge in [-0.2, -0.15) is 5.26 Å². The van der Waals surface area contributed by atoms with Gasteiger partial charge in [-0.1, -0.05) is 0 Å². The van der Waals surface area contributed by atoms with Crippen LogP contribution >= 0.6 is 0 Å². The average Bonchev–Trinajstić information content (AvgIpc) is 3.08. The normalized spacial score (nSPS) is 17.8. The van der Waals surface area contributed by atoms with E-state index >= 15 is 0 Å². The second-order valence-electron chi connectivity index (χ2n) is 7.11. The molecule has 0 spiro atoms. The first kappa shape index (κ1) is 17.4. The number of amides is 2. The fourth-order valence-corrected chi connectivity index (χ4v) is 2.22. The van der Waals surface area contributed by atoms with Crippen LogP contribution in [0.25, 0.3) is 0 Å². The molecule has 0 bridgehead atoms. The van der Waals surface area contributed by atoms with Crippen molar-refractivity contribution in [3.8, 4) is 6.07 Å². The first-order chi connectivity index (χ1) is 9.55. The molecule has 118 valence electrons. The molecule has 6 nitrogen and oxygen atoms in total. The molecule has 21 heavy (non-hydrogen) atoms. The summed E-state index contributed by atoms with van der Waals surface area (Å²) in [5, 5.41) is 14.8. The summed E-state index contributed by atoms with van der Waals surface area (Å²) >= 11 is 0. The van der Waals surface area contributed by atoms with Crippen LogP contribution in [0.4, 0.5) is 0 Å². The molecule has 0 unspecified atom stereocenters. The van der Waals surface area contributed by atoms with Crippen molar-refractivity contribution in [1.29, 1.82) is 5.26 Å². The van der Waals surface area contributed by atoms with Crippen LogP contribution in [0.3, 0.4) is 0 Å². The minimum absolute atomic E-state index is 0.0988. The van der Waals surface area contributed by atoms with Gasteiger partial charge >= 0.3 is 0 Å². The van der Waals surface area contributed by atoms with E-state index in [1.54, 1.807) is 18.9 Å². The maximum Gasteiger partial charge on any atom is 0.235 e. The van der Waals surface area contributed by atoms with Crippen molar-refractivity contribution in [2.75, 3.05) is 20.1 Å². The van der Waals surface area contributed by atoms with Crippen molar-refractivity contribution in [1.82, 2.24) is 15.5 Å². The van der Waals surface area contributed by atoms with Crippen LogP contribution in [-0.4, -0.2) is 47.9 Å². The van der Waals surface area contributed by atoms with Crippen LogP contribution in [-0.2, 0) is 9.59 Å². The van der Waals surface area contributed by atoms with Gasteiger partial charge in [0.2, 0.25) is 11.8 Å². The lowest BCUT2D eigenvalue weighted by Gasteiger charge is -2.26. The fraction of sp³-hybridized carbons (Fsp3) is 0.800. The summed E-state index contributed by atoms with van der Waals surface area (Å²) in [4.78, 5) is 25.4. The van der Waals surface area contributed by atoms with Crippen molar-refractivity contribution in [3.63, 3.8) is 0 Å². The number of nitrogens with zero attached hydrogens (tertiary/aromatic N) is 2. The van der Waals surface area contributed by atoms with E-state index in [4.69, 9.17) is 0 Å². The number of hydrogen-bond donors (Lipinski definition) is 2. The van der Waals surface area contributed by atoms with Gasteiger partial charge in [-0.15, -0.1) is 0 Å². The Morgan fingerprint density at radius 1 is 1.14 bits per heavy atom. The summed E-state index contributed by atoms with van der Waals surface area (Å²) in [5.41, 5.74) is -1.07. The highest BCUT2D eigenvalue weighted by molar-refractivity contribution is 5.82. The zero-order valence-corrected chi connectivity index (χ0v) is 13.6. The number of carbonyl (C=O) groups is 2. The number of hydrogen-bond acceptors (Lipinski definition) is 4. The minimum Gasteiger partial charge on any atom is -0.350 e. The van der Waals surface area contributed by atoms with Gasteiger partial charge in [-0.3, -0.25) is 14.5 Å². The highest BCUT2D eigenvalue weighted by Gasteiger charge is 2.43. The third-order valence-electron chi connectivity index (χ3n) is 3.37. The SMILES string of the molecule is CN(CC(=O)NC(C)(C)C)CC(=O)N[C@@](C)(C#N)C1CC1. The Morgan fingerprint density at radius 2 is 1.62 bits per heavy atom. The first-order valence-electron chi connectivity index (χ1n) is 7.27. The summed E-state index contributed by atoms with van der Waals surface area (Å²) in [7, 11) is 1.71. The Labute approximate surface area is 126 Å². The van der Waals surface area contributed by atoms with Crippen molar-refractivity contribution >= 4 is 11.8 Å². The molecule has 0 aromatic rings. The molecule has 1 atom stereocenters. The molecule has 0 radical (unpaired) electrons. The van der Waals surface area contributed by atoms with Crippen LogP contribution < -0.4 is 10.6 Å². The van der Waals surface area contributed by atoms with Crippen LogP contribution in [0.2, 0.25) is 0 Å². The first-order valence-corrected chi connectivity index (χ1v) is 7.27. The Kier molecular flexibility index (Phi) is 5.35. The number of likely N-dealkylation sites (N-methyl/N-ethyl adjacent to an activating group) is 1. The third kappa shape index (κ3) is 6.13. The molecule has 0 aliphatic heterocycles. The molecule has 1 aliphatic carbocycles. The molecule has 1 aliphatic rings. The molecule has 0 heterocycles. The summed E-state index contributed by atoms with van der Waals surface area (Å²) in [5.74, 6) is -0.0963. The molecule has 0 aromatic carbocycles. The number of carbonyl (C=O) groups excluding carboxylic acids is 2. The van der Waals surface area contributed by atoms with E-state index in [0.717, 1.165) is 12.8 Å². The van der Waals surface area contributed by atoms with Crippen LogP contribution in [0, 0.1) is 17.2 Å². The largest absolute Gasteiger partial charge is 0.350 e. The summed E-state index contributed by atoms with van der Waals surface area (Å²) in [6.45, 7) is 7.73. The number of rotatable bonds is 6. The number of nitrogens with one attached hydrogen (secondary N) is 2. The lowest BCUT2D eigenvalue weighted by molar-refractivity contribution is -0.126. The van der Waals surface area contributed by atoms with Crippen molar-refractivity contribution in [2.45, 2.75) is 51.6 Å². The van der Waals surface area contributed by atoms with Gasteiger partial charge in [-0.25, -0.2) is 0 Å². The summed E-state index contributed by atoms with van der Waals surface area (Å²) in [6.07, 6.45) is 1.96. The molecule has 6 heteroatoms. The third-order valence-corrected chi connectivity index (χ3v) is 3.37. The van der Waals surface area contributed by atoms with E-state index in [2.05, 4.69) is 16.7 Å². The predicted octanol–water partition coefficient (Wildman–Crippen LogP) is 0.641. The van der Waals surface area contributed by atoms with E-state index in [1.807, 2.05) is 20.8 Å². The second kappa shape index (κ2) is 6.44. The maximum atomic E-state index is 12.0.